The summed E-state index contributed by atoms with van der Waals surface area (Å²) in [4.78, 5) is 42.5. The van der Waals surface area contributed by atoms with Gasteiger partial charge >= 0.3 is 0 Å². The van der Waals surface area contributed by atoms with Gasteiger partial charge in [-0.2, -0.15) is 0 Å². The van der Waals surface area contributed by atoms with Crippen molar-refractivity contribution in [2.24, 2.45) is 5.92 Å². The van der Waals surface area contributed by atoms with E-state index in [-0.39, 0.29) is 30.2 Å². The fourth-order valence-corrected chi connectivity index (χ4v) is 4.37. The lowest BCUT2D eigenvalue weighted by Gasteiger charge is -2.26. The molecule has 1 aliphatic rings. The van der Waals surface area contributed by atoms with Crippen LogP contribution in [0.2, 0.25) is 0 Å². The molecular formula is C24H32N6O3S2. The molecular weight excluding hydrogens is 484 g/mol. The zero-order chi connectivity index (χ0) is 25.7. The number of carbonyl (C=O) groups excluding carboxylic acids is 3. The lowest BCUT2D eigenvalue weighted by Crippen LogP contribution is -2.57. The van der Waals surface area contributed by atoms with Crippen LogP contribution in [-0.4, -0.2) is 63.4 Å². The average molecular weight is 517 g/mol. The highest BCUT2D eigenvalue weighted by atomic mass is 32.1. The van der Waals surface area contributed by atoms with Gasteiger partial charge in [-0.1, -0.05) is 56.5 Å². The van der Waals surface area contributed by atoms with Crippen molar-refractivity contribution < 1.29 is 14.4 Å². The molecule has 0 radical (unpaired) electrons. The minimum atomic E-state index is -0.810. The van der Waals surface area contributed by atoms with Gasteiger partial charge in [0.25, 0.3) is 0 Å². The SMILES string of the molecule is CC(C)[C@@H]1NC(=S)CNC(=O)[C@H](C)NC(=S)[C@H](Cc2c[nH]c3ccccc23)NC(=O)[C@H](C)NC1=O. The molecule has 188 valence electrons. The summed E-state index contributed by atoms with van der Waals surface area (Å²) in [7, 11) is 0. The molecule has 0 saturated carbocycles. The smallest absolute Gasteiger partial charge is 0.243 e. The maximum atomic E-state index is 13.1. The number of carbonyl (C=O) groups is 3. The molecule has 11 heteroatoms. The monoisotopic (exact) mass is 516 g/mol. The maximum Gasteiger partial charge on any atom is 0.243 e. The molecule has 0 aliphatic carbocycles. The molecule has 1 aromatic heterocycles. The summed E-state index contributed by atoms with van der Waals surface area (Å²) in [6.45, 7) is 7.13. The van der Waals surface area contributed by atoms with Crippen LogP contribution in [0.4, 0.5) is 0 Å². The minimum absolute atomic E-state index is 0.0783. The molecule has 35 heavy (non-hydrogen) atoms. The molecule has 1 saturated heterocycles. The van der Waals surface area contributed by atoms with E-state index in [2.05, 4.69) is 31.6 Å². The molecule has 0 bridgehead atoms. The zero-order valence-corrected chi connectivity index (χ0v) is 21.9. The van der Waals surface area contributed by atoms with Gasteiger partial charge in [0.15, 0.2) is 0 Å². The molecule has 3 amide bonds. The second kappa shape index (κ2) is 11.6. The third kappa shape index (κ3) is 6.76. The van der Waals surface area contributed by atoms with Crippen molar-refractivity contribution in [3.8, 4) is 0 Å². The Hall–Kier alpha value is -3.05. The minimum Gasteiger partial charge on any atom is -0.367 e. The van der Waals surface area contributed by atoms with Crippen molar-refractivity contribution in [3.05, 3.63) is 36.0 Å². The first-order chi connectivity index (χ1) is 16.6. The Balaban J connectivity index is 1.89. The van der Waals surface area contributed by atoms with E-state index in [0.29, 0.717) is 16.4 Å². The summed E-state index contributed by atoms with van der Waals surface area (Å²) < 4.78 is 0. The van der Waals surface area contributed by atoms with Crippen LogP contribution in [0.3, 0.4) is 0 Å². The first-order valence-corrected chi connectivity index (χ1v) is 12.4. The molecule has 3 rings (SSSR count). The largest absolute Gasteiger partial charge is 0.367 e. The Morgan fingerprint density at radius 1 is 0.914 bits per heavy atom. The molecule has 2 aromatic rings. The lowest BCUT2D eigenvalue weighted by atomic mass is 10.0. The van der Waals surface area contributed by atoms with Crippen molar-refractivity contribution in [1.29, 1.82) is 0 Å². The number of para-hydroxylation sites is 1. The Morgan fingerprint density at radius 2 is 1.60 bits per heavy atom. The van der Waals surface area contributed by atoms with Gasteiger partial charge in [-0.3, -0.25) is 14.4 Å². The predicted octanol–water partition coefficient (Wildman–Crippen LogP) is 1.08. The Bertz CT molecular complexity index is 1130. The van der Waals surface area contributed by atoms with Crippen molar-refractivity contribution in [3.63, 3.8) is 0 Å². The number of hydrogen-bond donors (Lipinski definition) is 6. The van der Waals surface area contributed by atoms with E-state index in [1.807, 2.05) is 44.3 Å². The summed E-state index contributed by atoms with van der Waals surface area (Å²) >= 11 is 10.9. The number of H-pyrrole nitrogens is 1. The van der Waals surface area contributed by atoms with Gasteiger partial charge in [0, 0.05) is 23.5 Å². The van der Waals surface area contributed by atoms with Gasteiger partial charge < -0.3 is 31.6 Å². The number of aromatic nitrogens is 1. The highest BCUT2D eigenvalue weighted by molar-refractivity contribution is 7.80. The Morgan fingerprint density at radius 3 is 2.31 bits per heavy atom. The van der Waals surface area contributed by atoms with Crippen molar-refractivity contribution in [2.45, 2.75) is 58.3 Å². The third-order valence-corrected chi connectivity index (χ3v) is 6.59. The van der Waals surface area contributed by atoms with E-state index in [4.69, 9.17) is 24.4 Å². The van der Waals surface area contributed by atoms with Crippen LogP contribution in [0.25, 0.3) is 10.9 Å². The van der Waals surface area contributed by atoms with Crippen LogP contribution >= 0.6 is 24.4 Å². The van der Waals surface area contributed by atoms with E-state index >= 15 is 0 Å². The highest BCUT2D eigenvalue weighted by Gasteiger charge is 2.29. The van der Waals surface area contributed by atoms with E-state index in [1.54, 1.807) is 13.8 Å². The molecule has 9 nitrogen and oxygen atoms in total. The quantitative estimate of drug-likeness (QED) is 0.337. The maximum absolute atomic E-state index is 13.1. The van der Waals surface area contributed by atoms with Crippen LogP contribution in [0.5, 0.6) is 0 Å². The second-order valence-corrected chi connectivity index (χ2v) is 10.0. The summed E-state index contributed by atoms with van der Waals surface area (Å²) in [5.41, 5.74) is 1.94. The van der Waals surface area contributed by atoms with Gasteiger partial charge in [-0.15, -0.1) is 0 Å². The van der Waals surface area contributed by atoms with Gasteiger partial charge in [-0.25, -0.2) is 0 Å². The standard InChI is InChI=1S/C24H32N6O3S2/c1-12(2)20-23(33)27-14(4)22(32)29-18(9-15-10-25-17-8-6-5-7-16(15)17)24(35)28-13(3)21(31)26-11-19(34)30-20/h5-8,10,12-14,18,20,25H,9,11H2,1-4H3,(H,26,31)(H,27,33)(H,28,35)(H,29,32)(H,30,34)/t13-,14-,18-,20-/m0/s1. The number of thiocarbonyl (C=S) groups is 2. The molecule has 6 N–H and O–H groups in total. The number of amides is 3. The molecule has 1 aliphatic heterocycles. The molecule has 0 unspecified atom stereocenters. The lowest BCUT2D eigenvalue weighted by molar-refractivity contribution is -0.130. The summed E-state index contributed by atoms with van der Waals surface area (Å²) in [5, 5.41) is 15.5. The molecule has 0 spiro atoms. The Kier molecular flexibility index (Phi) is 8.79. The van der Waals surface area contributed by atoms with Crippen LogP contribution in [-0.2, 0) is 20.8 Å². The number of aromatic amines is 1. The van der Waals surface area contributed by atoms with E-state index in [1.165, 1.54) is 0 Å². The molecule has 1 aromatic carbocycles. The highest BCUT2D eigenvalue weighted by Crippen LogP contribution is 2.19. The van der Waals surface area contributed by atoms with Gasteiger partial charge in [0.2, 0.25) is 17.7 Å². The fraction of sp³-hybridized carbons (Fsp3) is 0.458. The van der Waals surface area contributed by atoms with Gasteiger partial charge in [0.1, 0.15) is 18.1 Å². The fourth-order valence-electron chi connectivity index (χ4n) is 3.85. The third-order valence-electron chi connectivity index (χ3n) is 5.92. The van der Waals surface area contributed by atoms with E-state index in [0.717, 1.165) is 16.5 Å². The average Bonchev–Trinajstić information content (AvgIpc) is 3.22. The molecule has 2 heterocycles. The number of fused-ring (bicyclic) bond motifs is 1. The van der Waals surface area contributed by atoms with Crippen LogP contribution in [0.1, 0.15) is 33.3 Å². The number of hydrogen-bond acceptors (Lipinski definition) is 5. The summed E-state index contributed by atoms with van der Waals surface area (Å²) in [5.74, 6) is -1.14. The van der Waals surface area contributed by atoms with Crippen molar-refractivity contribution in [1.82, 2.24) is 31.6 Å². The van der Waals surface area contributed by atoms with E-state index < -0.39 is 24.2 Å². The van der Waals surface area contributed by atoms with Crippen molar-refractivity contribution in [2.75, 3.05) is 6.54 Å². The summed E-state index contributed by atoms with van der Waals surface area (Å²) in [6.07, 6.45) is 2.28. The molecule has 4 atom stereocenters. The Labute approximate surface area is 215 Å². The zero-order valence-electron chi connectivity index (χ0n) is 20.2. The van der Waals surface area contributed by atoms with Gasteiger partial charge in [-0.05, 0) is 31.4 Å². The van der Waals surface area contributed by atoms with Crippen LogP contribution < -0.4 is 26.6 Å². The normalized spacial score (nSPS) is 25.1. The van der Waals surface area contributed by atoms with Gasteiger partial charge in [0.05, 0.1) is 22.6 Å². The predicted molar refractivity (Wildman–Crippen MR) is 144 cm³/mol. The van der Waals surface area contributed by atoms with E-state index in [9.17, 15) is 14.4 Å². The second-order valence-electron chi connectivity index (χ2n) is 9.09. The number of benzene rings is 1. The first kappa shape index (κ1) is 26.6. The van der Waals surface area contributed by atoms with Crippen LogP contribution in [0, 0.1) is 5.92 Å². The summed E-state index contributed by atoms with van der Waals surface area (Å²) in [6, 6.07) is 5.13. The van der Waals surface area contributed by atoms with Crippen molar-refractivity contribution >= 4 is 63.0 Å². The molecule has 1 fully saturated rings. The number of rotatable bonds is 3. The number of nitrogens with one attached hydrogen (secondary N) is 6. The van der Waals surface area contributed by atoms with Crippen LogP contribution in [0.15, 0.2) is 30.5 Å². The topological polar surface area (TPSA) is 127 Å². The first-order valence-electron chi connectivity index (χ1n) is 11.6.